The predicted octanol–water partition coefficient (Wildman–Crippen LogP) is 23.8. The molecule has 0 spiro atoms. The molecule has 4 aromatic carbocycles. The van der Waals surface area contributed by atoms with Crippen LogP contribution >= 0.6 is 109 Å². The van der Waals surface area contributed by atoms with Crippen molar-refractivity contribution in [1.82, 2.24) is 58.1 Å². The van der Waals surface area contributed by atoms with Crippen LogP contribution in [0.15, 0.2) is 152 Å². The third kappa shape index (κ3) is 22.3. The van der Waals surface area contributed by atoms with Gasteiger partial charge in [0.2, 0.25) is 0 Å². The largest absolute Gasteiger partial charge is 0.413 e. The highest BCUT2D eigenvalue weighted by Gasteiger charge is 2.61. The first-order chi connectivity index (χ1) is 65.4. The molecule has 8 aliphatic rings. The monoisotopic (exact) mass is 2170 g/mol. The average molecular weight is 2180 g/mol. The molecule has 19 atom stereocenters. The van der Waals surface area contributed by atoms with Gasteiger partial charge in [-0.2, -0.15) is 0 Å². The summed E-state index contributed by atoms with van der Waals surface area (Å²) in [6, 6.07) is 29.0. The van der Waals surface area contributed by atoms with E-state index in [4.69, 9.17) is 140 Å². The van der Waals surface area contributed by atoms with Crippen LogP contribution in [0.2, 0.25) is 77.0 Å². The topological polar surface area (TPSA) is 333 Å². The van der Waals surface area contributed by atoms with E-state index < -0.39 is 58.1 Å². The Hall–Kier alpha value is -6.34. The van der Waals surface area contributed by atoms with Crippen molar-refractivity contribution in [2.45, 2.75) is 307 Å². The van der Waals surface area contributed by atoms with E-state index >= 15 is 0 Å². The number of benzene rings is 4. The van der Waals surface area contributed by atoms with E-state index in [9.17, 15) is 30.3 Å². The van der Waals surface area contributed by atoms with Gasteiger partial charge in [0.1, 0.15) is 99.2 Å². The molecule has 0 bridgehead atoms. The van der Waals surface area contributed by atoms with Crippen molar-refractivity contribution >= 4 is 176 Å². The van der Waals surface area contributed by atoms with Crippen molar-refractivity contribution in [3.63, 3.8) is 0 Å². The second kappa shape index (κ2) is 42.1. The molecule has 4 aliphatic carbocycles. The van der Waals surface area contributed by atoms with Crippen molar-refractivity contribution in [3.8, 4) is 0 Å². The lowest BCUT2D eigenvalue weighted by Gasteiger charge is -2.36. The molecule has 8 aromatic heterocycles. The fraction of sp³-hybridized carbons (Fsp3) is 0.515. The summed E-state index contributed by atoms with van der Waals surface area (Å²) in [5.74, 6) is -3.89. The quantitative estimate of drug-likeness (QED) is 0.0285. The first-order valence-electron chi connectivity index (χ1n) is 46.5. The number of hydrogen-bond donors (Lipinski definition) is 5. The van der Waals surface area contributed by atoms with Gasteiger partial charge in [-0.3, -0.25) is 0 Å². The number of hydrogen-bond acceptors (Lipinski definition) is 24. The molecule has 8 fully saturated rings. The van der Waals surface area contributed by atoms with Crippen molar-refractivity contribution in [1.29, 1.82) is 0 Å². The summed E-state index contributed by atoms with van der Waals surface area (Å²) in [4.78, 5) is 45.3. The smallest absolute Gasteiger partial charge is 0.192 e. The van der Waals surface area contributed by atoms with E-state index in [1.54, 1.807) is 36.4 Å². The molecule has 12 aromatic rings. The van der Waals surface area contributed by atoms with Gasteiger partial charge in [-0.05, 0) is 235 Å². The SMILES string of the molecule is C.CC(C)(C)[Si](C)(C)OCc1cc(Cl)ccc1Br.CC1(C)O[C@@H]2[C@@H]([C@@H](O)c3ccc(Cl)cc3CO)C[C@@H](n3ccc4c(Cl)ncnc43)[C@@H]2O1.CC1(C)O[C@@H]2[C@@H]([C@H](O)c3ccc(Cl)cc3CO)C[C@@H](n3ccc4c(Cl)ncnc43)[C@@H]2O1.CC1(C)O[C@@H]2[C@H](O1)[C@@H](C(O)c1ccc(Cl)cc1CO[Si](C)(C)C(C)(C)C)C[C@H]2n1ccc2c(Cl)ncnc21.CC1(C)O[C@@H]2[C@H](O1)[C@@H](C=O)C[C@H]2n1ccc2c(Cl)ncnc21. The minimum Gasteiger partial charge on any atom is -0.413 e. The van der Waals surface area contributed by atoms with Gasteiger partial charge < -0.3 is 95.3 Å². The lowest BCUT2D eigenvalue weighted by Crippen LogP contribution is -2.40. The van der Waals surface area contributed by atoms with Gasteiger partial charge in [0.25, 0.3) is 0 Å². The van der Waals surface area contributed by atoms with Gasteiger partial charge in [0.05, 0.1) is 115 Å². The number of aromatic nitrogens is 12. The van der Waals surface area contributed by atoms with Crippen LogP contribution in [0.1, 0.15) is 211 Å². The third-order valence-corrected chi connectivity index (χ3v) is 40.9. The number of aliphatic hydroxyl groups excluding tert-OH is 5. The highest BCUT2D eigenvalue weighted by molar-refractivity contribution is 9.10. The number of ether oxygens (including phenoxy) is 8. The zero-order valence-corrected chi connectivity index (χ0v) is 90.2. The number of nitrogens with zero attached hydrogens (tertiary/aromatic N) is 12. The van der Waals surface area contributed by atoms with Gasteiger partial charge in [0.15, 0.2) is 39.8 Å². The zero-order chi connectivity index (χ0) is 100. The van der Waals surface area contributed by atoms with Crippen LogP contribution in [0.4, 0.5) is 0 Å². The highest BCUT2D eigenvalue weighted by atomic mass is 79.9. The van der Waals surface area contributed by atoms with Gasteiger partial charge in [-0.15, -0.1) is 0 Å². The minimum absolute atomic E-state index is 0. The maximum atomic E-state index is 11.9. The number of carbonyl (C=O) groups is 1. The molecule has 0 radical (unpaired) electrons. The zero-order valence-electron chi connectivity index (χ0n) is 80.6. The Morgan fingerprint density at radius 1 is 0.393 bits per heavy atom. The average Bonchev–Trinajstić information content (AvgIpc) is 1.59. The molecule has 0 amide bonds. The van der Waals surface area contributed by atoms with Crippen molar-refractivity contribution in [3.05, 3.63) is 231 Å². The van der Waals surface area contributed by atoms with Crippen LogP contribution in [0, 0.1) is 23.7 Å². The number of fused-ring (bicyclic) bond motifs is 8. The summed E-state index contributed by atoms with van der Waals surface area (Å²) in [7, 11) is -3.70. The van der Waals surface area contributed by atoms with Crippen LogP contribution in [-0.2, 0) is 78.0 Å². The standard InChI is InChI=1S/C28H37Cl2N3O4Si.2C22H23Cl2N3O4.C15H16ClN3O3.C13H20BrClOSi.CH4/c1-27(2,3)38(6,7)35-14-16-12-17(29)8-9-18(16)22(34)20-13-21(24-23(20)36-28(4,5)37-24)33-11-10-19-25(30)31-15-32-26(19)33;2*1-22(2)30-18-15(17(29)13-4-3-12(23)7-11(13)9-28)8-16(19(18)31-22)27-6-5-14-20(24)25-10-26-21(14)27;1-15(2)21-11-8(6-20)5-10(12(11)22-15)19-4-3-9-13(16)17-7-18-14(9)19;1-13(2,3)17(4,5)16-9-10-8-11(15)6-7-12(10)14;/h8-12,15,20-24,34H,13-14H2,1-7H3;2*3-7,10,15-19,28-29H,8-9H2,1-2H3;3-4,6-8,10-12H,5H2,1-2H3;6-8H,9H2,1-5H3;1H4/t20-,21-,22?,23-,24+;15-,16-,17+,18-,19+;15-,16-,17-,18-,19+;8-,10-,11-,12+;;/m1111../s1. The second-order valence-electron chi connectivity index (χ2n) is 41.8. The van der Waals surface area contributed by atoms with Gasteiger partial charge >= 0.3 is 0 Å². The molecule has 4 saturated heterocycles. The molecule has 12 heterocycles. The summed E-state index contributed by atoms with van der Waals surface area (Å²) in [6.07, 6.45) is 12.4. The molecule has 28 nitrogen and oxygen atoms in total. The summed E-state index contributed by atoms with van der Waals surface area (Å²) >= 11 is 53.0. The Morgan fingerprint density at radius 3 is 0.950 bits per heavy atom. The predicted molar refractivity (Wildman–Crippen MR) is 551 cm³/mol. The molecule has 4 saturated carbocycles. The van der Waals surface area contributed by atoms with Gasteiger partial charge in [-0.25, -0.2) is 39.9 Å². The molecule has 140 heavy (non-hydrogen) atoms. The van der Waals surface area contributed by atoms with E-state index in [1.165, 1.54) is 25.3 Å². The first-order valence-corrected chi connectivity index (χ1v) is 56.1. The lowest BCUT2D eigenvalue weighted by atomic mass is 9.89. The Balaban J connectivity index is 0.000000135. The fourth-order valence-electron chi connectivity index (χ4n) is 20.2. The van der Waals surface area contributed by atoms with E-state index in [-0.39, 0.29) is 127 Å². The number of rotatable bonds is 19. The fourth-order valence-corrected chi connectivity index (χ4v) is 24.0. The van der Waals surface area contributed by atoms with E-state index in [2.05, 4.69) is 128 Å². The number of aliphatic hydroxyl groups is 5. The van der Waals surface area contributed by atoms with Crippen LogP contribution < -0.4 is 0 Å². The summed E-state index contributed by atoms with van der Waals surface area (Å²) in [6.45, 7) is 38.0. The van der Waals surface area contributed by atoms with Gasteiger partial charge in [0, 0.05) is 73.0 Å². The molecular weight excluding hydrogens is 2060 g/mol. The molecule has 39 heteroatoms. The maximum Gasteiger partial charge on any atom is 0.192 e. The lowest BCUT2D eigenvalue weighted by molar-refractivity contribution is -0.165. The Bertz CT molecular complexity index is 6300. The van der Waals surface area contributed by atoms with Crippen molar-refractivity contribution in [2.24, 2.45) is 23.7 Å². The van der Waals surface area contributed by atoms with Crippen LogP contribution in [0.25, 0.3) is 44.1 Å². The Morgan fingerprint density at radius 2 is 0.650 bits per heavy atom. The highest BCUT2D eigenvalue weighted by Crippen LogP contribution is 2.57. The van der Waals surface area contributed by atoms with E-state index in [0.29, 0.717) is 96.8 Å². The number of aldehydes is 1. The summed E-state index contributed by atoms with van der Waals surface area (Å²) < 4.78 is 71.8. The second-order valence-corrected chi connectivity index (χ2v) is 55.4. The first kappa shape index (κ1) is 108. The molecule has 754 valence electrons. The molecule has 20 rings (SSSR count). The van der Waals surface area contributed by atoms with Crippen LogP contribution in [0.3, 0.4) is 0 Å². The normalized spacial score (nSPS) is 26.4. The van der Waals surface area contributed by atoms with Crippen LogP contribution in [-0.4, -0.2) is 179 Å². The summed E-state index contributed by atoms with van der Waals surface area (Å²) in [5, 5.41) is 61.7. The van der Waals surface area contributed by atoms with E-state index in [1.807, 2.05) is 155 Å². The minimum atomic E-state index is -2.01. The maximum absolute atomic E-state index is 11.9. The molecule has 5 N–H and O–H groups in total. The molecular formula is C101H123BrCl8N12O16Si2. The van der Waals surface area contributed by atoms with Gasteiger partial charge in [-0.1, -0.05) is 176 Å². The van der Waals surface area contributed by atoms with E-state index in [0.717, 1.165) is 76.6 Å². The number of halogens is 9. The number of carbonyl (C=O) groups excluding carboxylic acids is 1. The molecule has 1 unspecified atom stereocenters. The third-order valence-electron chi connectivity index (χ3n) is 29.0. The van der Waals surface area contributed by atoms with Crippen molar-refractivity contribution in [2.75, 3.05) is 0 Å². The Labute approximate surface area is 866 Å². The summed E-state index contributed by atoms with van der Waals surface area (Å²) in [5.41, 5.74) is 8.25. The molecule has 4 aliphatic heterocycles. The van der Waals surface area contributed by atoms with Crippen LogP contribution in [0.5, 0.6) is 0 Å². The van der Waals surface area contributed by atoms with Crippen molar-refractivity contribution < 1.29 is 77.1 Å². The Kier molecular flexibility index (Phi) is 32.5.